The first-order valence-corrected chi connectivity index (χ1v) is 3.48. The minimum absolute atomic E-state index is 0.103. The number of nitrogens with one attached hydrogen (secondary N) is 1. The number of hydrogen-bond acceptors (Lipinski definition) is 2. The number of rotatable bonds is 2. The maximum Gasteiger partial charge on any atom is 0.0942 e. The van der Waals surface area contributed by atoms with Gasteiger partial charge in [0.2, 0.25) is 0 Å². The Hall–Kier alpha value is -0.600. The monoisotopic (exact) mass is 139 g/mol. The lowest BCUT2D eigenvalue weighted by molar-refractivity contribution is 0.0397. The molecule has 2 nitrogen and oxygen atoms in total. The highest BCUT2D eigenvalue weighted by Gasteiger charge is 2.18. The molecule has 0 aromatic carbocycles. The van der Waals surface area contributed by atoms with Crippen molar-refractivity contribution in [2.75, 3.05) is 13.2 Å². The molecule has 56 valence electrons. The van der Waals surface area contributed by atoms with E-state index in [0.29, 0.717) is 0 Å². The molecule has 0 radical (unpaired) electrons. The van der Waals surface area contributed by atoms with Gasteiger partial charge in [0.1, 0.15) is 0 Å². The van der Waals surface area contributed by atoms with E-state index in [0.717, 1.165) is 13.2 Å². The Morgan fingerprint density at radius 2 is 2.20 bits per heavy atom. The topological polar surface area (TPSA) is 21.3 Å². The van der Waals surface area contributed by atoms with Crippen LogP contribution in [0.2, 0.25) is 0 Å². The standard InChI is InChI=1S/C8H13NO/c1-3-7-8(4-2)10-6-5-9-7/h3-4,7-9H,1-2,5-6H2. The molecule has 0 spiro atoms. The van der Waals surface area contributed by atoms with Gasteiger partial charge < -0.3 is 10.1 Å². The third kappa shape index (κ3) is 1.46. The first kappa shape index (κ1) is 7.51. The lowest BCUT2D eigenvalue weighted by Gasteiger charge is -2.28. The summed E-state index contributed by atoms with van der Waals surface area (Å²) in [5.74, 6) is 0. The molecule has 1 N–H and O–H groups in total. The normalized spacial score (nSPS) is 33.2. The van der Waals surface area contributed by atoms with Gasteiger partial charge in [-0.25, -0.2) is 0 Å². The van der Waals surface area contributed by atoms with E-state index in [1.54, 1.807) is 6.08 Å². The molecule has 2 atom stereocenters. The largest absolute Gasteiger partial charge is 0.371 e. The smallest absolute Gasteiger partial charge is 0.0942 e. The first-order chi connectivity index (χ1) is 4.88. The number of hydrogen-bond donors (Lipinski definition) is 1. The summed E-state index contributed by atoms with van der Waals surface area (Å²) in [6.07, 6.45) is 3.76. The molecule has 1 rings (SSSR count). The molecule has 0 saturated carbocycles. The molecule has 0 bridgehead atoms. The summed E-state index contributed by atoms with van der Waals surface area (Å²) in [6, 6.07) is 0.242. The molecule has 0 aliphatic carbocycles. The van der Waals surface area contributed by atoms with E-state index in [9.17, 15) is 0 Å². The van der Waals surface area contributed by atoms with E-state index >= 15 is 0 Å². The summed E-state index contributed by atoms with van der Waals surface area (Å²) in [7, 11) is 0. The van der Waals surface area contributed by atoms with Crippen molar-refractivity contribution in [3.05, 3.63) is 25.3 Å². The van der Waals surface area contributed by atoms with Gasteiger partial charge in [-0.3, -0.25) is 0 Å². The van der Waals surface area contributed by atoms with Crippen LogP contribution in [0, 0.1) is 0 Å². The third-order valence-electron chi connectivity index (χ3n) is 1.63. The van der Waals surface area contributed by atoms with Crippen molar-refractivity contribution in [1.82, 2.24) is 5.32 Å². The number of morpholine rings is 1. The fourth-order valence-electron chi connectivity index (χ4n) is 1.07. The highest BCUT2D eigenvalue weighted by atomic mass is 16.5. The Labute approximate surface area is 61.6 Å². The minimum Gasteiger partial charge on any atom is -0.371 e. The summed E-state index contributed by atoms with van der Waals surface area (Å²) in [4.78, 5) is 0. The lowest BCUT2D eigenvalue weighted by atomic mass is 10.1. The highest BCUT2D eigenvalue weighted by molar-refractivity contribution is 5.01. The van der Waals surface area contributed by atoms with Gasteiger partial charge in [0.25, 0.3) is 0 Å². The lowest BCUT2D eigenvalue weighted by Crippen LogP contribution is -2.45. The van der Waals surface area contributed by atoms with Crippen LogP contribution in [0.5, 0.6) is 0 Å². The van der Waals surface area contributed by atoms with Crippen LogP contribution in [0.1, 0.15) is 0 Å². The Morgan fingerprint density at radius 3 is 2.70 bits per heavy atom. The second-order valence-corrected chi connectivity index (χ2v) is 2.29. The van der Waals surface area contributed by atoms with Crippen molar-refractivity contribution in [2.45, 2.75) is 12.1 Å². The van der Waals surface area contributed by atoms with E-state index in [-0.39, 0.29) is 12.1 Å². The number of ether oxygens (including phenoxy) is 1. The molecule has 2 unspecified atom stereocenters. The second-order valence-electron chi connectivity index (χ2n) is 2.29. The van der Waals surface area contributed by atoms with Gasteiger partial charge in [-0.05, 0) is 0 Å². The van der Waals surface area contributed by atoms with Crippen LogP contribution in [0.4, 0.5) is 0 Å². The van der Waals surface area contributed by atoms with E-state index < -0.39 is 0 Å². The summed E-state index contributed by atoms with van der Waals surface area (Å²) in [6.45, 7) is 9.03. The van der Waals surface area contributed by atoms with Crippen LogP contribution in [0.15, 0.2) is 25.3 Å². The molecule has 0 aromatic rings. The van der Waals surface area contributed by atoms with Crippen LogP contribution in [-0.2, 0) is 4.74 Å². The summed E-state index contributed by atoms with van der Waals surface area (Å²) < 4.78 is 5.38. The molecule has 1 saturated heterocycles. The predicted molar refractivity (Wildman–Crippen MR) is 41.9 cm³/mol. The van der Waals surface area contributed by atoms with Crippen LogP contribution in [0.25, 0.3) is 0 Å². The van der Waals surface area contributed by atoms with Crippen LogP contribution in [-0.4, -0.2) is 25.3 Å². The van der Waals surface area contributed by atoms with Crippen molar-refractivity contribution in [3.8, 4) is 0 Å². The fourth-order valence-corrected chi connectivity index (χ4v) is 1.07. The van der Waals surface area contributed by atoms with Gasteiger partial charge in [-0.2, -0.15) is 0 Å². The van der Waals surface area contributed by atoms with Gasteiger partial charge in [0.15, 0.2) is 0 Å². The second kappa shape index (κ2) is 3.54. The van der Waals surface area contributed by atoms with E-state index in [4.69, 9.17) is 4.74 Å². The zero-order valence-corrected chi connectivity index (χ0v) is 6.05. The van der Waals surface area contributed by atoms with E-state index in [2.05, 4.69) is 18.5 Å². The molecule has 0 aromatic heterocycles. The Balaban J connectivity index is 2.49. The molecule has 1 aliphatic heterocycles. The van der Waals surface area contributed by atoms with Crippen molar-refractivity contribution in [2.24, 2.45) is 0 Å². The fraction of sp³-hybridized carbons (Fsp3) is 0.500. The molecule has 1 aliphatic rings. The van der Waals surface area contributed by atoms with Crippen molar-refractivity contribution in [1.29, 1.82) is 0 Å². The quantitative estimate of drug-likeness (QED) is 0.569. The molecule has 1 heterocycles. The van der Waals surface area contributed by atoms with Crippen LogP contribution < -0.4 is 5.32 Å². The van der Waals surface area contributed by atoms with Gasteiger partial charge in [0.05, 0.1) is 18.8 Å². The summed E-state index contributed by atoms with van der Waals surface area (Å²) in [5, 5.41) is 3.26. The van der Waals surface area contributed by atoms with Crippen molar-refractivity contribution >= 4 is 0 Å². The summed E-state index contributed by atoms with van der Waals surface area (Å²) in [5.41, 5.74) is 0. The Bertz CT molecular complexity index is 117. The van der Waals surface area contributed by atoms with Crippen LogP contribution >= 0.6 is 0 Å². The Morgan fingerprint density at radius 1 is 1.40 bits per heavy atom. The van der Waals surface area contributed by atoms with Gasteiger partial charge >= 0.3 is 0 Å². The maximum absolute atomic E-state index is 5.38. The molecular formula is C8H13NO. The molecule has 0 amide bonds. The zero-order chi connectivity index (χ0) is 7.40. The van der Waals surface area contributed by atoms with E-state index in [1.807, 2.05) is 6.08 Å². The predicted octanol–water partition coefficient (Wildman–Crippen LogP) is 0.715. The summed E-state index contributed by atoms with van der Waals surface area (Å²) >= 11 is 0. The molecule has 2 heteroatoms. The van der Waals surface area contributed by atoms with Crippen molar-refractivity contribution < 1.29 is 4.74 Å². The molecule has 1 fully saturated rings. The first-order valence-electron chi connectivity index (χ1n) is 3.48. The molecule has 10 heavy (non-hydrogen) atoms. The van der Waals surface area contributed by atoms with Gasteiger partial charge in [-0.15, -0.1) is 13.2 Å². The molecular weight excluding hydrogens is 126 g/mol. The minimum atomic E-state index is 0.103. The van der Waals surface area contributed by atoms with Gasteiger partial charge in [-0.1, -0.05) is 12.2 Å². The highest BCUT2D eigenvalue weighted by Crippen LogP contribution is 2.05. The van der Waals surface area contributed by atoms with E-state index in [1.165, 1.54) is 0 Å². The average Bonchev–Trinajstić information content (AvgIpc) is 2.04. The average molecular weight is 139 g/mol. The van der Waals surface area contributed by atoms with Crippen LogP contribution in [0.3, 0.4) is 0 Å². The van der Waals surface area contributed by atoms with Gasteiger partial charge in [0, 0.05) is 6.54 Å². The third-order valence-corrected chi connectivity index (χ3v) is 1.63. The maximum atomic E-state index is 5.38. The Kier molecular flexibility index (Phi) is 2.66. The zero-order valence-electron chi connectivity index (χ0n) is 6.05. The van der Waals surface area contributed by atoms with Crippen molar-refractivity contribution in [3.63, 3.8) is 0 Å². The SMILES string of the molecule is C=CC1NCCOC1C=C.